The number of amides is 1. The van der Waals surface area contributed by atoms with Gasteiger partial charge in [-0.15, -0.1) is 0 Å². The summed E-state index contributed by atoms with van der Waals surface area (Å²) in [4.78, 5) is 13.4. The number of ether oxygens (including phenoxy) is 1. The third-order valence-electron chi connectivity index (χ3n) is 3.25. The number of carbonyl (C=O) groups excluding carboxylic acids is 1. The number of hydrogen-bond acceptors (Lipinski definition) is 4. The summed E-state index contributed by atoms with van der Waals surface area (Å²) in [5.41, 5.74) is 1.48. The topological polar surface area (TPSA) is 61.8 Å². The highest BCUT2D eigenvalue weighted by Gasteiger charge is 2.19. The van der Waals surface area contributed by atoms with Gasteiger partial charge < -0.3 is 20.1 Å². The Hall–Kier alpha value is -1.75. The van der Waals surface area contributed by atoms with E-state index in [0.29, 0.717) is 13.1 Å². The van der Waals surface area contributed by atoms with Crippen LogP contribution in [-0.4, -0.2) is 41.8 Å². The van der Waals surface area contributed by atoms with Crippen molar-refractivity contribution in [3.05, 3.63) is 29.3 Å². The summed E-state index contributed by atoms with van der Waals surface area (Å²) in [7, 11) is 1.71. The van der Waals surface area contributed by atoms with Gasteiger partial charge >= 0.3 is 6.09 Å². The molecule has 124 valence electrons. The van der Waals surface area contributed by atoms with Gasteiger partial charge in [0.1, 0.15) is 11.4 Å². The molecule has 0 fully saturated rings. The van der Waals surface area contributed by atoms with Crippen molar-refractivity contribution < 1.29 is 14.6 Å². The SMILES string of the molecule is Cc1ccc(O)c(C(C)NCCN(C)C(=O)OC(C)(C)C)c1. The lowest BCUT2D eigenvalue weighted by molar-refractivity contribution is 0.0299. The number of nitrogens with one attached hydrogen (secondary N) is 1. The first-order chi connectivity index (χ1) is 10.1. The van der Waals surface area contributed by atoms with Crippen LogP contribution in [0.15, 0.2) is 18.2 Å². The van der Waals surface area contributed by atoms with Crippen LogP contribution in [0.4, 0.5) is 4.79 Å². The smallest absolute Gasteiger partial charge is 0.410 e. The van der Waals surface area contributed by atoms with E-state index in [9.17, 15) is 9.90 Å². The molecule has 1 aromatic rings. The Bertz CT molecular complexity index is 509. The summed E-state index contributed by atoms with van der Waals surface area (Å²) in [5, 5.41) is 13.2. The predicted octanol–water partition coefficient (Wildman–Crippen LogP) is 3.22. The lowest BCUT2D eigenvalue weighted by Gasteiger charge is -2.25. The van der Waals surface area contributed by atoms with Crippen LogP contribution in [-0.2, 0) is 4.74 Å². The van der Waals surface area contributed by atoms with Crippen LogP contribution in [0.25, 0.3) is 0 Å². The molecule has 1 atom stereocenters. The maximum Gasteiger partial charge on any atom is 0.410 e. The fourth-order valence-corrected chi connectivity index (χ4v) is 2.01. The minimum absolute atomic E-state index is 0.00642. The molecule has 0 spiro atoms. The third kappa shape index (κ3) is 5.93. The van der Waals surface area contributed by atoms with Crippen molar-refractivity contribution in [3.8, 4) is 5.75 Å². The van der Waals surface area contributed by atoms with Crippen LogP contribution in [0, 0.1) is 6.92 Å². The van der Waals surface area contributed by atoms with E-state index < -0.39 is 5.60 Å². The minimum atomic E-state index is -0.487. The van der Waals surface area contributed by atoms with Gasteiger partial charge in [0.25, 0.3) is 0 Å². The molecule has 0 aromatic heterocycles. The maximum absolute atomic E-state index is 11.8. The highest BCUT2D eigenvalue weighted by molar-refractivity contribution is 5.67. The lowest BCUT2D eigenvalue weighted by atomic mass is 10.0. The summed E-state index contributed by atoms with van der Waals surface area (Å²) in [6.07, 6.45) is -0.333. The first-order valence-electron chi connectivity index (χ1n) is 7.57. The van der Waals surface area contributed by atoms with Gasteiger partial charge in [-0.25, -0.2) is 4.79 Å². The summed E-state index contributed by atoms with van der Waals surface area (Å²) in [6.45, 7) is 10.7. The zero-order chi connectivity index (χ0) is 16.9. The van der Waals surface area contributed by atoms with Crippen LogP contribution in [0.5, 0.6) is 5.75 Å². The molecule has 0 saturated heterocycles. The Balaban J connectivity index is 2.46. The normalized spacial score (nSPS) is 12.8. The molecule has 0 aliphatic heterocycles. The van der Waals surface area contributed by atoms with Crippen molar-refractivity contribution in [2.24, 2.45) is 0 Å². The van der Waals surface area contributed by atoms with Gasteiger partial charge in [-0.1, -0.05) is 17.7 Å². The molecule has 2 N–H and O–H groups in total. The zero-order valence-electron chi connectivity index (χ0n) is 14.4. The van der Waals surface area contributed by atoms with Crippen LogP contribution < -0.4 is 5.32 Å². The van der Waals surface area contributed by atoms with E-state index in [1.807, 2.05) is 46.8 Å². The summed E-state index contributed by atoms with van der Waals surface area (Å²) < 4.78 is 5.30. The summed E-state index contributed by atoms with van der Waals surface area (Å²) in [6, 6.07) is 5.55. The van der Waals surface area contributed by atoms with Gasteiger partial charge in [0.05, 0.1) is 0 Å². The van der Waals surface area contributed by atoms with Crippen molar-refractivity contribution in [3.63, 3.8) is 0 Å². The number of benzene rings is 1. The molecule has 22 heavy (non-hydrogen) atoms. The number of carbonyl (C=O) groups is 1. The number of phenolic OH excluding ortho intramolecular Hbond substituents is 1. The number of nitrogens with zero attached hydrogens (tertiary/aromatic N) is 1. The number of likely N-dealkylation sites (N-methyl/N-ethyl adjacent to an activating group) is 1. The fourth-order valence-electron chi connectivity index (χ4n) is 2.01. The van der Waals surface area contributed by atoms with Gasteiger partial charge in [-0.2, -0.15) is 0 Å². The Kier molecular flexibility index (Phi) is 6.23. The van der Waals surface area contributed by atoms with Crippen LogP contribution in [0.1, 0.15) is 44.9 Å². The first-order valence-corrected chi connectivity index (χ1v) is 7.57. The molecular formula is C17H28N2O3. The van der Waals surface area contributed by atoms with E-state index in [0.717, 1.165) is 11.1 Å². The van der Waals surface area contributed by atoms with E-state index in [1.165, 1.54) is 0 Å². The molecule has 0 aliphatic rings. The van der Waals surface area contributed by atoms with E-state index in [4.69, 9.17) is 4.74 Å². The Morgan fingerprint density at radius 1 is 1.41 bits per heavy atom. The Labute approximate surface area is 133 Å². The van der Waals surface area contributed by atoms with Crippen LogP contribution >= 0.6 is 0 Å². The van der Waals surface area contributed by atoms with Gasteiger partial charge in [-0.05, 0) is 40.7 Å². The first kappa shape index (κ1) is 18.3. The molecule has 0 heterocycles. The predicted molar refractivity (Wildman–Crippen MR) is 88.1 cm³/mol. The molecule has 1 amide bonds. The highest BCUT2D eigenvalue weighted by atomic mass is 16.6. The van der Waals surface area contributed by atoms with Crippen molar-refractivity contribution >= 4 is 6.09 Å². The number of phenols is 1. The molecule has 0 radical (unpaired) electrons. The standard InChI is InChI=1S/C17H28N2O3/c1-12-7-8-15(20)14(11-12)13(2)18-9-10-19(6)16(21)22-17(3,4)5/h7-8,11,13,18,20H,9-10H2,1-6H3. The maximum atomic E-state index is 11.8. The summed E-state index contributed by atoms with van der Waals surface area (Å²) >= 11 is 0. The van der Waals surface area contributed by atoms with Gasteiger partial charge in [0.2, 0.25) is 0 Å². The average molecular weight is 308 g/mol. The van der Waals surface area contributed by atoms with Gasteiger partial charge in [0, 0.05) is 31.7 Å². The Morgan fingerprint density at radius 3 is 2.64 bits per heavy atom. The van der Waals surface area contributed by atoms with E-state index in [-0.39, 0.29) is 17.9 Å². The molecule has 5 nitrogen and oxygen atoms in total. The molecule has 0 saturated carbocycles. The number of aromatic hydroxyl groups is 1. The van der Waals surface area contributed by atoms with Crippen molar-refractivity contribution in [1.82, 2.24) is 10.2 Å². The Morgan fingerprint density at radius 2 is 2.05 bits per heavy atom. The molecule has 0 bridgehead atoms. The molecule has 5 heteroatoms. The number of rotatable bonds is 5. The number of aryl methyl sites for hydroxylation is 1. The van der Waals surface area contributed by atoms with Crippen molar-refractivity contribution in [2.75, 3.05) is 20.1 Å². The quantitative estimate of drug-likeness (QED) is 0.877. The molecular weight excluding hydrogens is 280 g/mol. The fraction of sp³-hybridized carbons (Fsp3) is 0.588. The zero-order valence-corrected chi connectivity index (χ0v) is 14.4. The average Bonchev–Trinajstić information content (AvgIpc) is 2.39. The van der Waals surface area contributed by atoms with E-state index in [2.05, 4.69) is 5.32 Å². The second kappa shape index (κ2) is 7.49. The van der Waals surface area contributed by atoms with Crippen molar-refractivity contribution in [2.45, 2.75) is 46.3 Å². The number of hydrogen-bond donors (Lipinski definition) is 2. The highest BCUT2D eigenvalue weighted by Crippen LogP contribution is 2.24. The second-order valence-corrected chi connectivity index (χ2v) is 6.64. The van der Waals surface area contributed by atoms with Gasteiger partial charge in [0.15, 0.2) is 0 Å². The minimum Gasteiger partial charge on any atom is -0.508 e. The van der Waals surface area contributed by atoms with E-state index in [1.54, 1.807) is 18.0 Å². The van der Waals surface area contributed by atoms with E-state index >= 15 is 0 Å². The second-order valence-electron chi connectivity index (χ2n) is 6.64. The molecule has 1 rings (SSSR count). The van der Waals surface area contributed by atoms with Crippen LogP contribution in [0.2, 0.25) is 0 Å². The lowest BCUT2D eigenvalue weighted by Crippen LogP contribution is -2.38. The monoisotopic (exact) mass is 308 g/mol. The van der Waals surface area contributed by atoms with Crippen LogP contribution in [0.3, 0.4) is 0 Å². The molecule has 1 aromatic carbocycles. The summed E-state index contributed by atoms with van der Waals surface area (Å²) in [5.74, 6) is 0.283. The molecule has 1 unspecified atom stereocenters. The largest absolute Gasteiger partial charge is 0.508 e. The van der Waals surface area contributed by atoms with Crippen molar-refractivity contribution in [1.29, 1.82) is 0 Å². The van der Waals surface area contributed by atoms with Gasteiger partial charge in [-0.3, -0.25) is 0 Å². The third-order valence-corrected chi connectivity index (χ3v) is 3.25. The molecule has 0 aliphatic carbocycles.